The minimum Gasteiger partial charge on any atom is -0.508 e. The number of nitrogens with one attached hydrogen (secondary N) is 1. The first-order valence-corrected chi connectivity index (χ1v) is 7.02. The largest absolute Gasteiger partial charge is 0.508 e. The van der Waals surface area contributed by atoms with Gasteiger partial charge in [0.15, 0.2) is 0 Å². The third-order valence-corrected chi connectivity index (χ3v) is 2.99. The lowest BCUT2D eigenvalue weighted by molar-refractivity contribution is 0.242. The third kappa shape index (κ3) is 4.56. The minimum absolute atomic E-state index is 0.0776. The van der Waals surface area contributed by atoms with E-state index in [0.29, 0.717) is 6.54 Å². The van der Waals surface area contributed by atoms with E-state index in [1.165, 1.54) is 5.56 Å². The van der Waals surface area contributed by atoms with E-state index < -0.39 is 0 Å². The molecule has 0 unspecified atom stereocenters. The number of benzene rings is 2. The van der Waals surface area contributed by atoms with Crippen LogP contribution < -0.4 is 10.1 Å². The van der Waals surface area contributed by atoms with Crippen LogP contribution in [0.5, 0.6) is 5.75 Å². The van der Waals surface area contributed by atoms with Crippen molar-refractivity contribution in [2.24, 2.45) is 0 Å². The maximum absolute atomic E-state index is 9.40. The molecule has 2 N–H and O–H groups in total. The number of anilines is 1. The monoisotopic (exact) mass is 283 g/mol. The SMILES string of the molecule is C=C(O)c1cccc(NCc2ccc(OC(C)C)cc2)c1. The lowest BCUT2D eigenvalue weighted by atomic mass is 10.1. The van der Waals surface area contributed by atoms with Gasteiger partial charge in [0.2, 0.25) is 0 Å². The Kier molecular flexibility index (Phi) is 4.88. The Morgan fingerprint density at radius 2 is 1.90 bits per heavy atom. The molecule has 0 amide bonds. The van der Waals surface area contributed by atoms with Crippen LogP contribution >= 0.6 is 0 Å². The highest BCUT2D eigenvalue weighted by molar-refractivity contribution is 5.61. The van der Waals surface area contributed by atoms with Crippen molar-refractivity contribution < 1.29 is 9.84 Å². The summed E-state index contributed by atoms with van der Waals surface area (Å²) in [6.45, 7) is 8.27. The first kappa shape index (κ1) is 15.0. The molecule has 0 atom stereocenters. The van der Waals surface area contributed by atoms with Gasteiger partial charge >= 0.3 is 0 Å². The molecule has 0 bridgehead atoms. The molecule has 0 spiro atoms. The minimum atomic E-state index is 0.0776. The standard InChI is InChI=1S/C18H21NO2/c1-13(2)21-18-9-7-15(8-10-18)12-19-17-6-4-5-16(11-17)14(3)20/h4-11,13,19-20H,3,12H2,1-2H3. The number of aliphatic hydroxyl groups is 1. The molecule has 0 aromatic heterocycles. The van der Waals surface area contributed by atoms with Crippen LogP contribution in [-0.4, -0.2) is 11.2 Å². The highest BCUT2D eigenvalue weighted by Gasteiger charge is 2.00. The fourth-order valence-electron chi connectivity index (χ4n) is 1.97. The van der Waals surface area contributed by atoms with E-state index in [0.717, 1.165) is 17.0 Å². The van der Waals surface area contributed by atoms with Gasteiger partial charge < -0.3 is 15.2 Å². The van der Waals surface area contributed by atoms with Crippen LogP contribution in [0.3, 0.4) is 0 Å². The fraction of sp³-hybridized carbons (Fsp3) is 0.222. The van der Waals surface area contributed by atoms with Gasteiger partial charge in [-0.25, -0.2) is 0 Å². The first-order valence-electron chi connectivity index (χ1n) is 7.02. The third-order valence-electron chi connectivity index (χ3n) is 2.99. The highest BCUT2D eigenvalue weighted by atomic mass is 16.5. The van der Waals surface area contributed by atoms with Crippen LogP contribution in [0.1, 0.15) is 25.0 Å². The maximum atomic E-state index is 9.40. The second-order valence-electron chi connectivity index (χ2n) is 5.19. The smallest absolute Gasteiger partial charge is 0.119 e. The van der Waals surface area contributed by atoms with Crippen molar-refractivity contribution in [3.8, 4) is 5.75 Å². The summed E-state index contributed by atoms with van der Waals surface area (Å²) in [5.41, 5.74) is 2.84. The lowest BCUT2D eigenvalue weighted by Crippen LogP contribution is -2.05. The second kappa shape index (κ2) is 6.84. The summed E-state index contributed by atoms with van der Waals surface area (Å²) < 4.78 is 5.62. The summed E-state index contributed by atoms with van der Waals surface area (Å²) in [7, 11) is 0. The topological polar surface area (TPSA) is 41.5 Å². The summed E-state index contributed by atoms with van der Waals surface area (Å²) in [4.78, 5) is 0. The average Bonchev–Trinajstić information content (AvgIpc) is 2.46. The Bertz CT molecular complexity index is 603. The Morgan fingerprint density at radius 3 is 2.52 bits per heavy atom. The van der Waals surface area contributed by atoms with E-state index >= 15 is 0 Å². The molecule has 0 heterocycles. The fourth-order valence-corrected chi connectivity index (χ4v) is 1.97. The zero-order valence-electron chi connectivity index (χ0n) is 12.5. The van der Waals surface area contributed by atoms with E-state index in [-0.39, 0.29) is 11.9 Å². The van der Waals surface area contributed by atoms with Gasteiger partial charge in [0.05, 0.1) is 6.10 Å². The molecule has 0 aliphatic rings. The van der Waals surface area contributed by atoms with E-state index in [1.807, 2.05) is 62.4 Å². The molecule has 2 aromatic carbocycles. The first-order chi connectivity index (χ1) is 10.0. The number of hydrogen-bond acceptors (Lipinski definition) is 3. The molecule has 0 radical (unpaired) electrons. The van der Waals surface area contributed by atoms with E-state index in [1.54, 1.807) is 0 Å². The second-order valence-corrected chi connectivity index (χ2v) is 5.19. The van der Waals surface area contributed by atoms with Gasteiger partial charge in [-0.05, 0) is 43.7 Å². The number of rotatable bonds is 6. The maximum Gasteiger partial charge on any atom is 0.119 e. The van der Waals surface area contributed by atoms with Gasteiger partial charge in [0.25, 0.3) is 0 Å². The molecule has 110 valence electrons. The van der Waals surface area contributed by atoms with Gasteiger partial charge in [-0.15, -0.1) is 0 Å². The average molecular weight is 283 g/mol. The molecule has 0 fully saturated rings. The van der Waals surface area contributed by atoms with E-state index in [2.05, 4.69) is 11.9 Å². The normalized spacial score (nSPS) is 10.4. The number of ether oxygens (including phenoxy) is 1. The summed E-state index contributed by atoms with van der Waals surface area (Å²) in [6.07, 6.45) is 0.184. The van der Waals surface area contributed by atoms with Crippen LogP contribution in [-0.2, 0) is 6.54 Å². The Hall–Kier alpha value is -2.42. The Morgan fingerprint density at radius 1 is 1.19 bits per heavy atom. The molecule has 3 nitrogen and oxygen atoms in total. The van der Waals surface area contributed by atoms with E-state index in [4.69, 9.17) is 4.74 Å². The van der Waals surface area contributed by atoms with Crippen molar-refractivity contribution in [1.29, 1.82) is 0 Å². The summed E-state index contributed by atoms with van der Waals surface area (Å²) >= 11 is 0. The van der Waals surface area contributed by atoms with Crippen molar-refractivity contribution in [2.75, 3.05) is 5.32 Å². The molecular formula is C18H21NO2. The lowest BCUT2D eigenvalue weighted by Gasteiger charge is -2.11. The van der Waals surface area contributed by atoms with Crippen LogP contribution in [0.25, 0.3) is 5.76 Å². The predicted octanol–water partition coefficient (Wildman–Crippen LogP) is 4.61. The van der Waals surface area contributed by atoms with Crippen LogP contribution in [0, 0.1) is 0 Å². The van der Waals surface area contributed by atoms with Crippen molar-refractivity contribution >= 4 is 11.4 Å². The summed E-state index contributed by atoms with van der Waals surface area (Å²) in [5, 5.41) is 12.7. The molecule has 2 aromatic rings. The van der Waals surface area contributed by atoms with Crippen molar-refractivity contribution in [2.45, 2.75) is 26.5 Å². The molecule has 3 heteroatoms. The molecule has 0 saturated carbocycles. The number of aliphatic hydroxyl groups excluding tert-OH is 1. The highest BCUT2D eigenvalue weighted by Crippen LogP contribution is 2.18. The zero-order chi connectivity index (χ0) is 15.2. The Labute approximate surface area is 125 Å². The van der Waals surface area contributed by atoms with Gasteiger partial charge in [-0.1, -0.05) is 30.8 Å². The zero-order valence-corrected chi connectivity index (χ0v) is 12.5. The molecule has 0 aliphatic heterocycles. The van der Waals surface area contributed by atoms with Gasteiger partial charge in [0, 0.05) is 17.8 Å². The van der Waals surface area contributed by atoms with E-state index in [9.17, 15) is 5.11 Å². The quantitative estimate of drug-likeness (QED) is 0.760. The molecule has 0 saturated heterocycles. The molecule has 2 rings (SSSR count). The Balaban J connectivity index is 1.96. The summed E-state index contributed by atoms with van der Waals surface area (Å²) in [5.74, 6) is 0.959. The van der Waals surface area contributed by atoms with Crippen molar-refractivity contribution in [3.05, 3.63) is 66.2 Å². The molecule has 0 aliphatic carbocycles. The number of hydrogen-bond donors (Lipinski definition) is 2. The van der Waals surface area contributed by atoms with Gasteiger partial charge in [-0.2, -0.15) is 0 Å². The van der Waals surface area contributed by atoms with Crippen LogP contribution in [0.4, 0.5) is 5.69 Å². The predicted molar refractivity (Wildman–Crippen MR) is 87.6 cm³/mol. The van der Waals surface area contributed by atoms with Crippen molar-refractivity contribution in [3.63, 3.8) is 0 Å². The van der Waals surface area contributed by atoms with Gasteiger partial charge in [0.1, 0.15) is 11.5 Å². The van der Waals surface area contributed by atoms with Gasteiger partial charge in [-0.3, -0.25) is 0 Å². The van der Waals surface area contributed by atoms with Crippen molar-refractivity contribution in [1.82, 2.24) is 0 Å². The van der Waals surface area contributed by atoms with Crippen LogP contribution in [0.2, 0.25) is 0 Å². The van der Waals surface area contributed by atoms with Crippen LogP contribution in [0.15, 0.2) is 55.1 Å². The summed E-state index contributed by atoms with van der Waals surface area (Å²) in [6, 6.07) is 15.6. The molecular weight excluding hydrogens is 262 g/mol. The molecule has 21 heavy (non-hydrogen) atoms.